The second-order valence-electron chi connectivity index (χ2n) is 5.92. The number of fused-ring (bicyclic) bond motifs is 1. The minimum Gasteiger partial charge on any atom is -0.387 e. The molecule has 0 saturated carbocycles. The molecule has 28 heavy (non-hydrogen) atoms. The fourth-order valence-electron chi connectivity index (χ4n) is 2.66. The molecule has 0 spiro atoms. The number of carbonyl (C=O) groups excluding carboxylic acids is 1. The lowest BCUT2D eigenvalue weighted by atomic mass is 10.2. The van der Waals surface area contributed by atoms with E-state index in [9.17, 15) is 31.1 Å². The lowest BCUT2D eigenvalue weighted by molar-refractivity contribution is -0.148. The van der Waals surface area contributed by atoms with E-state index >= 15 is 0 Å². The zero-order chi connectivity index (χ0) is 20.5. The minimum atomic E-state index is -4.63. The number of nitrogens with one attached hydrogen (secondary N) is 1. The quantitative estimate of drug-likeness (QED) is 0.482. The van der Waals surface area contributed by atoms with Crippen molar-refractivity contribution in [2.24, 2.45) is 0 Å². The van der Waals surface area contributed by atoms with Crippen molar-refractivity contribution in [2.75, 3.05) is 6.54 Å². The van der Waals surface area contributed by atoms with Gasteiger partial charge in [-0.05, 0) is 6.07 Å². The summed E-state index contributed by atoms with van der Waals surface area (Å²) in [5, 5.41) is 9.15. The molecule has 0 radical (unpaired) electrons. The first-order valence-electron chi connectivity index (χ1n) is 7.98. The summed E-state index contributed by atoms with van der Waals surface area (Å²) in [5.41, 5.74) is -0.137. The smallest absolute Gasteiger partial charge is 0.387 e. The van der Waals surface area contributed by atoms with E-state index in [0.717, 1.165) is 10.6 Å². The highest BCUT2D eigenvalue weighted by atomic mass is 19.4. The standard InChI is InChI=1S/C16H13F6N5O/c17-10-6-12(19)11(18)5-9(10)7-23-2-1-14(28)26-3-4-27-13(8-26)24-25-15(27)16(20,21)22/h1-2,5-6,23H,3-4,7-8H2/b2-1+. The summed E-state index contributed by atoms with van der Waals surface area (Å²) in [7, 11) is 0. The zero-order valence-electron chi connectivity index (χ0n) is 14.1. The number of halogens is 6. The Hall–Kier alpha value is -3.05. The van der Waals surface area contributed by atoms with E-state index in [2.05, 4.69) is 15.5 Å². The fraction of sp³-hybridized carbons (Fsp3) is 0.312. The van der Waals surface area contributed by atoms with Gasteiger partial charge in [0.2, 0.25) is 11.7 Å². The van der Waals surface area contributed by atoms with E-state index in [1.165, 1.54) is 11.1 Å². The van der Waals surface area contributed by atoms with Crippen molar-refractivity contribution in [1.29, 1.82) is 0 Å². The third kappa shape index (κ3) is 4.10. The molecule has 0 unspecified atom stereocenters. The van der Waals surface area contributed by atoms with E-state index < -0.39 is 35.4 Å². The van der Waals surface area contributed by atoms with E-state index in [0.29, 0.717) is 12.1 Å². The Balaban J connectivity index is 1.57. The van der Waals surface area contributed by atoms with Gasteiger partial charge >= 0.3 is 6.18 Å². The number of nitrogens with zero attached hydrogens (tertiary/aromatic N) is 4. The summed E-state index contributed by atoms with van der Waals surface area (Å²) in [6.07, 6.45) is -2.35. The van der Waals surface area contributed by atoms with Crippen LogP contribution in [-0.2, 0) is 30.6 Å². The van der Waals surface area contributed by atoms with E-state index in [4.69, 9.17) is 0 Å². The van der Waals surface area contributed by atoms with Crippen LogP contribution in [-0.4, -0.2) is 32.1 Å². The molecule has 2 heterocycles. The summed E-state index contributed by atoms with van der Waals surface area (Å²) in [5.74, 6) is -5.06. The molecular weight excluding hydrogens is 392 g/mol. The van der Waals surface area contributed by atoms with E-state index in [1.54, 1.807) is 0 Å². The Kier molecular flexibility index (Phi) is 5.29. The minimum absolute atomic E-state index is 0.0112. The normalized spacial score (nSPS) is 14.4. The van der Waals surface area contributed by atoms with Crippen molar-refractivity contribution in [3.8, 4) is 0 Å². The second kappa shape index (κ2) is 7.52. The van der Waals surface area contributed by atoms with Crippen LogP contribution in [0, 0.1) is 17.5 Å². The van der Waals surface area contributed by atoms with Crippen LogP contribution in [0.25, 0.3) is 0 Å². The van der Waals surface area contributed by atoms with Crippen LogP contribution >= 0.6 is 0 Å². The number of hydrogen-bond donors (Lipinski definition) is 1. The molecule has 1 aliphatic rings. The summed E-state index contributed by atoms with van der Waals surface area (Å²) in [6, 6.07) is 1.11. The van der Waals surface area contributed by atoms with Gasteiger partial charge in [-0.2, -0.15) is 13.2 Å². The van der Waals surface area contributed by atoms with Gasteiger partial charge in [0.05, 0.1) is 6.54 Å². The highest BCUT2D eigenvalue weighted by Gasteiger charge is 2.39. The molecule has 0 aliphatic carbocycles. The SMILES string of the molecule is O=C(/C=C/NCc1cc(F)c(F)cc1F)N1CCn2c(nnc2C(F)(F)F)C1. The van der Waals surface area contributed by atoms with Crippen molar-refractivity contribution in [2.45, 2.75) is 25.8 Å². The first-order valence-corrected chi connectivity index (χ1v) is 7.98. The van der Waals surface area contributed by atoms with Crippen molar-refractivity contribution in [3.05, 3.63) is 59.1 Å². The van der Waals surface area contributed by atoms with E-state index in [1.807, 2.05) is 0 Å². The van der Waals surface area contributed by atoms with Crippen LogP contribution in [0.1, 0.15) is 17.2 Å². The molecule has 0 bridgehead atoms. The molecule has 0 atom stereocenters. The van der Waals surface area contributed by atoms with Crippen LogP contribution in [0.3, 0.4) is 0 Å². The maximum Gasteiger partial charge on any atom is 0.451 e. The zero-order valence-corrected chi connectivity index (χ0v) is 14.1. The number of carbonyl (C=O) groups is 1. The highest BCUT2D eigenvalue weighted by molar-refractivity contribution is 5.87. The Morgan fingerprint density at radius 3 is 2.54 bits per heavy atom. The van der Waals surface area contributed by atoms with E-state index in [-0.39, 0.29) is 37.6 Å². The molecule has 1 aliphatic heterocycles. The lowest BCUT2D eigenvalue weighted by Gasteiger charge is -2.27. The summed E-state index contributed by atoms with van der Waals surface area (Å²) >= 11 is 0. The van der Waals surface area contributed by atoms with Gasteiger partial charge in [-0.25, -0.2) is 13.2 Å². The monoisotopic (exact) mass is 405 g/mol. The van der Waals surface area contributed by atoms with Gasteiger partial charge in [-0.3, -0.25) is 4.79 Å². The maximum atomic E-state index is 13.5. The predicted molar refractivity (Wildman–Crippen MR) is 82.7 cm³/mol. The number of hydrogen-bond acceptors (Lipinski definition) is 4. The van der Waals surface area contributed by atoms with Crippen LogP contribution < -0.4 is 5.32 Å². The highest BCUT2D eigenvalue weighted by Crippen LogP contribution is 2.29. The average molecular weight is 405 g/mol. The number of amides is 1. The molecule has 2 aromatic rings. The van der Waals surface area contributed by atoms with Crippen molar-refractivity contribution >= 4 is 5.91 Å². The first kappa shape index (κ1) is 19.7. The maximum absolute atomic E-state index is 13.5. The fourth-order valence-corrected chi connectivity index (χ4v) is 2.66. The van der Waals surface area contributed by atoms with Crippen LogP contribution in [0.15, 0.2) is 24.4 Å². The Morgan fingerprint density at radius 1 is 1.11 bits per heavy atom. The second-order valence-corrected chi connectivity index (χ2v) is 5.92. The topological polar surface area (TPSA) is 63.1 Å². The molecule has 12 heteroatoms. The van der Waals surface area contributed by atoms with Crippen molar-refractivity contribution in [3.63, 3.8) is 0 Å². The number of alkyl halides is 3. The molecule has 0 fully saturated rings. The molecule has 3 rings (SSSR count). The first-order chi connectivity index (χ1) is 13.2. The third-order valence-electron chi connectivity index (χ3n) is 4.04. The molecule has 0 saturated heterocycles. The Bertz CT molecular complexity index is 923. The average Bonchev–Trinajstić information content (AvgIpc) is 3.06. The largest absolute Gasteiger partial charge is 0.451 e. The van der Waals surface area contributed by atoms with Crippen LogP contribution in [0.2, 0.25) is 0 Å². The molecule has 1 aromatic carbocycles. The number of benzene rings is 1. The molecule has 6 nitrogen and oxygen atoms in total. The molecule has 150 valence electrons. The van der Waals surface area contributed by atoms with Gasteiger partial charge in [0.15, 0.2) is 17.5 Å². The van der Waals surface area contributed by atoms with Crippen LogP contribution in [0.5, 0.6) is 0 Å². The lowest BCUT2D eigenvalue weighted by Crippen LogP contribution is -2.38. The van der Waals surface area contributed by atoms with Gasteiger partial charge in [0.25, 0.3) is 0 Å². The molecule has 1 N–H and O–H groups in total. The predicted octanol–water partition coefficient (Wildman–Crippen LogP) is 2.36. The molecular formula is C16H13F6N5O. The summed E-state index contributed by atoms with van der Waals surface area (Å²) in [6.45, 7) is -0.431. The summed E-state index contributed by atoms with van der Waals surface area (Å²) in [4.78, 5) is 13.4. The Labute approximate surface area is 154 Å². The summed E-state index contributed by atoms with van der Waals surface area (Å²) < 4.78 is 78.7. The molecule has 1 aromatic heterocycles. The van der Waals surface area contributed by atoms with Gasteiger partial charge in [-0.15, -0.1) is 10.2 Å². The Morgan fingerprint density at radius 2 is 1.82 bits per heavy atom. The van der Waals surface area contributed by atoms with Crippen molar-refractivity contribution in [1.82, 2.24) is 25.0 Å². The molecule has 1 amide bonds. The third-order valence-corrected chi connectivity index (χ3v) is 4.04. The van der Waals surface area contributed by atoms with Crippen LogP contribution in [0.4, 0.5) is 26.3 Å². The number of rotatable bonds is 4. The van der Waals surface area contributed by atoms with Gasteiger partial charge < -0.3 is 14.8 Å². The van der Waals surface area contributed by atoms with Gasteiger partial charge in [0, 0.05) is 43.5 Å². The van der Waals surface area contributed by atoms with Crippen molar-refractivity contribution < 1.29 is 31.1 Å². The number of aromatic nitrogens is 3. The van der Waals surface area contributed by atoms with Gasteiger partial charge in [-0.1, -0.05) is 0 Å². The van der Waals surface area contributed by atoms with Gasteiger partial charge in [0.1, 0.15) is 5.82 Å².